The maximum atomic E-state index is 7.90. The summed E-state index contributed by atoms with van der Waals surface area (Å²) in [6.07, 6.45) is 1.91. The molecule has 1 heterocycles. The van der Waals surface area contributed by atoms with Crippen LogP contribution in [0.4, 0.5) is 5.69 Å². The molecule has 2 rings (SSSR count). The fourth-order valence-corrected chi connectivity index (χ4v) is 2.17. The number of benzene rings is 1. The van der Waals surface area contributed by atoms with Gasteiger partial charge in [0.15, 0.2) is 11.5 Å². The summed E-state index contributed by atoms with van der Waals surface area (Å²) >= 11 is 0. The van der Waals surface area contributed by atoms with Crippen molar-refractivity contribution in [1.29, 1.82) is 5.41 Å². The molecule has 0 spiro atoms. The number of nitrogens with zero attached hydrogens (tertiary/aromatic N) is 1. The first kappa shape index (κ1) is 12.7. The molecule has 4 nitrogen and oxygen atoms in total. The molecule has 0 bridgehead atoms. The van der Waals surface area contributed by atoms with E-state index in [0.717, 1.165) is 36.6 Å². The van der Waals surface area contributed by atoms with Crippen LogP contribution >= 0.6 is 0 Å². The van der Waals surface area contributed by atoms with Crippen LogP contribution in [0.25, 0.3) is 0 Å². The van der Waals surface area contributed by atoms with Crippen LogP contribution in [0.15, 0.2) is 18.2 Å². The van der Waals surface area contributed by atoms with Crippen LogP contribution in [0, 0.1) is 5.41 Å². The van der Waals surface area contributed by atoms with Gasteiger partial charge in [-0.05, 0) is 32.4 Å². The SMILES string of the molecule is CCOc1ccc(N2CCCC2=N)cc1OCC. The van der Waals surface area contributed by atoms with E-state index in [2.05, 4.69) is 0 Å². The molecule has 0 aromatic heterocycles. The summed E-state index contributed by atoms with van der Waals surface area (Å²) in [5.74, 6) is 2.21. The molecule has 1 aliphatic heterocycles. The highest BCUT2D eigenvalue weighted by Gasteiger charge is 2.19. The Hall–Kier alpha value is -1.71. The Morgan fingerprint density at radius 2 is 1.89 bits per heavy atom. The topological polar surface area (TPSA) is 45.5 Å². The van der Waals surface area contributed by atoms with Crippen LogP contribution in [0.3, 0.4) is 0 Å². The van der Waals surface area contributed by atoms with Crippen LogP contribution in [0.2, 0.25) is 0 Å². The number of ether oxygens (including phenoxy) is 2. The monoisotopic (exact) mass is 248 g/mol. The Morgan fingerprint density at radius 3 is 2.50 bits per heavy atom. The second kappa shape index (κ2) is 5.76. The van der Waals surface area contributed by atoms with Crippen molar-refractivity contribution in [1.82, 2.24) is 0 Å². The predicted octanol–water partition coefficient (Wildman–Crippen LogP) is 3.06. The molecule has 1 aromatic rings. The fraction of sp³-hybridized carbons (Fsp3) is 0.500. The van der Waals surface area contributed by atoms with Crippen molar-refractivity contribution in [2.24, 2.45) is 0 Å². The van der Waals surface area contributed by atoms with E-state index in [1.54, 1.807) is 0 Å². The average molecular weight is 248 g/mol. The van der Waals surface area contributed by atoms with Crippen molar-refractivity contribution < 1.29 is 9.47 Å². The van der Waals surface area contributed by atoms with Gasteiger partial charge in [0.05, 0.1) is 13.2 Å². The Kier molecular flexibility index (Phi) is 4.07. The first-order chi connectivity index (χ1) is 8.76. The fourth-order valence-electron chi connectivity index (χ4n) is 2.17. The molecule has 0 atom stereocenters. The van der Waals surface area contributed by atoms with Crippen LogP contribution < -0.4 is 14.4 Å². The van der Waals surface area contributed by atoms with Gasteiger partial charge < -0.3 is 14.4 Å². The quantitative estimate of drug-likeness (QED) is 0.871. The summed E-state index contributed by atoms with van der Waals surface area (Å²) < 4.78 is 11.1. The molecular weight excluding hydrogens is 228 g/mol. The summed E-state index contributed by atoms with van der Waals surface area (Å²) in [5.41, 5.74) is 1.02. The van der Waals surface area contributed by atoms with E-state index in [-0.39, 0.29) is 0 Å². The smallest absolute Gasteiger partial charge is 0.163 e. The van der Waals surface area contributed by atoms with Crippen LogP contribution in [-0.2, 0) is 0 Å². The van der Waals surface area contributed by atoms with Gasteiger partial charge in [-0.3, -0.25) is 5.41 Å². The maximum absolute atomic E-state index is 7.90. The number of nitrogens with one attached hydrogen (secondary N) is 1. The zero-order valence-corrected chi connectivity index (χ0v) is 11.0. The molecule has 0 saturated carbocycles. The first-order valence-electron chi connectivity index (χ1n) is 6.50. The lowest BCUT2D eigenvalue weighted by Crippen LogP contribution is -2.23. The minimum Gasteiger partial charge on any atom is -0.490 e. The number of rotatable bonds is 5. The molecule has 0 amide bonds. The van der Waals surface area contributed by atoms with Crippen molar-refractivity contribution >= 4 is 11.5 Å². The standard InChI is InChI=1S/C14H20N2O2/c1-3-17-12-8-7-11(10-13(12)18-4-2)16-9-5-6-14(16)15/h7-8,10,15H,3-6,9H2,1-2H3. The summed E-state index contributed by atoms with van der Waals surface area (Å²) in [6.45, 7) is 6.07. The normalized spacial score (nSPS) is 15.0. The second-order valence-corrected chi connectivity index (χ2v) is 4.20. The first-order valence-corrected chi connectivity index (χ1v) is 6.50. The van der Waals surface area contributed by atoms with Crippen molar-refractivity contribution in [3.05, 3.63) is 18.2 Å². The molecule has 1 aliphatic rings. The summed E-state index contributed by atoms with van der Waals surface area (Å²) in [6, 6.07) is 5.89. The molecule has 1 fully saturated rings. The van der Waals surface area contributed by atoms with Crippen LogP contribution in [0.5, 0.6) is 11.5 Å². The zero-order chi connectivity index (χ0) is 13.0. The van der Waals surface area contributed by atoms with E-state index in [1.807, 2.05) is 36.9 Å². The van der Waals surface area contributed by atoms with Crippen molar-refractivity contribution in [3.8, 4) is 11.5 Å². The Labute approximate surface area is 108 Å². The molecule has 0 aliphatic carbocycles. The van der Waals surface area contributed by atoms with Gasteiger partial charge in [0.25, 0.3) is 0 Å². The molecule has 0 unspecified atom stereocenters. The Morgan fingerprint density at radius 1 is 1.17 bits per heavy atom. The average Bonchev–Trinajstić information content (AvgIpc) is 2.78. The Bertz CT molecular complexity index is 432. The number of anilines is 1. The Balaban J connectivity index is 2.27. The number of amidine groups is 1. The minimum atomic E-state index is 0.612. The second-order valence-electron chi connectivity index (χ2n) is 4.20. The van der Waals surface area contributed by atoms with Gasteiger partial charge in [0, 0.05) is 24.7 Å². The zero-order valence-electron chi connectivity index (χ0n) is 11.0. The van der Waals surface area contributed by atoms with E-state index >= 15 is 0 Å². The molecule has 98 valence electrons. The van der Waals surface area contributed by atoms with E-state index in [9.17, 15) is 0 Å². The van der Waals surface area contributed by atoms with Crippen molar-refractivity contribution in [2.75, 3.05) is 24.7 Å². The van der Waals surface area contributed by atoms with Crippen molar-refractivity contribution in [2.45, 2.75) is 26.7 Å². The minimum absolute atomic E-state index is 0.612. The number of hydrogen-bond acceptors (Lipinski definition) is 3. The third-order valence-corrected chi connectivity index (χ3v) is 2.96. The highest BCUT2D eigenvalue weighted by Crippen LogP contribution is 2.33. The molecule has 1 aromatic carbocycles. The van der Waals surface area contributed by atoms with E-state index in [1.165, 1.54) is 0 Å². The summed E-state index contributed by atoms with van der Waals surface area (Å²) in [7, 11) is 0. The number of hydrogen-bond donors (Lipinski definition) is 1. The lowest BCUT2D eigenvalue weighted by molar-refractivity contribution is 0.288. The third-order valence-electron chi connectivity index (χ3n) is 2.96. The lowest BCUT2D eigenvalue weighted by atomic mass is 10.2. The predicted molar refractivity (Wildman–Crippen MR) is 73.1 cm³/mol. The maximum Gasteiger partial charge on any atom is 0.163 e. The summed E-state index contributed by atoms with van der Waals surface area (Å²) in [4.78, 5) is 2.03. The molecular formula is C14H20N2O2. The van der Waals surface area contributed by atoms with Crippen LogP contribution in [0.1, 0.15) is 26.7 Å². The molecule has 1 N–H and O–H groups in total. The summed E-state index contributed by atoms with van der Waals surface area (Å²) in [5, 5.41) is 7.90. The largest absolute Gasteiger partial charge is 0.490 e. The highest BCUT2D eigenvalue weighted by molar-refractivity contribution is 5.97. The van der Waals surface area contributed by atoms with Gasteiger partial charge in [0.2, 0.25) is 0 Å². The van der Waals surface area contributed by atoms with Gasteiger partial charge in [-0.25, -0.2) is 0 Å². The molecule has 4 heteroatoms. The lowest BCUT2D eigenvalue weighted by Gasteiger charge is -2.20. The third kappa shape index (κ3) is 2.58. The van der Waals surface area contributed by atoms with Crippen molar-refractivity contribution in [3.63, 3.8) is 0 Å². The van der Waals surface area contributed by atoms with Gasteiger partial charge in [-0.15, -0.1) is 0 Å². The molecule has 0 radical (unpaired) electrons. The van der Waals surface area contributed by atoms with E-state index in [0.29, 0.717) is 19.0 Å². The highest BCUT2D eigenvalue weighted by atomic mass is 16.5. The molecule has 1 saturated heterocycles. The van der Waals surface area contributed by atoms with E-state index in [4.69, 9.17) is 14.9 Å². The van der Waals surface area contributed by atoms with Gasteiger partial charge in [-0.2, -0.15) is 0 Å². The van der Waals surface area contributed by atoms with Gasteiger partial charge in [0.1, 0.15) is 5.84 Å². The van der Waals surface area contributed by atoms with E-state index < -0.39 is 0 Å². The van der Waals surface area contributed by atoms with Crippen LogP contribution in [-0.4, -0.2) is 25.6 Å². The van der Waals surface area contributed by atoms with Gasteiger partial charge >= 0.3 is 0 Å². The molecule has 18 heavy (non-hydrogen) atoms. The van der Waals surface area contributed by atoms with Gasteiger partial charge in [-0.1, -0.05) is 0 Å².